The summed E-state index contributed by atoms with van der Waals surface area (Å²) in [5, 5.41) is 8.90. The number of esters is 2. The number of hydrogen-bond acceptors (Lipinski definition) is 6. The van der Waals surface area contributed by atoms with Crippen LogP contribution in [0.2, 0.25) is 0 Å². The molecule has 0 aromatic rings. The summed E-state index contributed by atoms with van der Waals surface area (Å²) in [7, 11) is 2.49. The molecule has 0 amide bonds. The second kappa shape index (κ2) is 9.60. The fourth-order valence-electron chi connectivity index (χ4n) is 0.936. The third-order valence-electron chi connectivity index (χ3n) is 1.70. The zero-order valence-corrected chi connectivity index (χ0v) is 10.9. The fraction of sp³-hybridized carbons (Fsp3) is 0.727. The topological polar surface area (TPSA) is 85.6 Å². The van der Waals surface area contributed by atoms with E-state index in [-0.39, 0.29) is 13.2 Å². The summed E-state index contributed by atoms with van der Waals surface area (Å²) in [6, 6.07) is 1.75. The number of ether oxygens (including phenoxy) is 3. The molecule has 98 valence electrons. The van der Waals surface area contributed by atoms with Gasteiger partial charge in [0.15, 0.2) is 0 Å². The van der Waals surface area contributed by atoms with Crippen LogP contribution in [0.15, 0.2) is 0 Å². The maximum absolute atomic E-state index is 11.4. The van der Waals surface area contributed by atoms with Crippen molar-refractivity contribution in [2.75, 3.05) is 27.4 Å². The Labute approximate surface area is 101 Å². The van der Waals surface area contributed by atoms with Gasteiger partial charge < -0.3 is 14.2 Å². The van der Waals surface area contributed by atoms with Gasteiger partial charge in [0.25, 0.3) is 0 Å². The molecule has 0 radical (unpaired) electrons. The second-order valence-corrected chi connectivity index (χ2v) is 2.90. The molecule has 0 N–H and O–H groups in total. The van der Waals surface area contributed by atoms with E-state index in [9.17, 15) is 9.59 Å². The highest BCUT2D eigenvalue weighted by Crippen LogP contribution is 2.19. The van der Waals surface area contributed by atoms with Crippen LogP contribution in [0.3, 0.4) is 0 Å². The summed E-state index contributed by atoms with van der Waals surface area (Å²) < 4.78 is 13.8. The fourth-order valence-corrected chi connectivity index (χ4v) is 0.936. The molecule has 0 rings (SSSR count). The monoisotopic (exact) mass is 245 g/mol. The first-order valence-corrected chi connectivity index (χ1v) is 5.14. The van der Waals surface area contributed by atoms with Crippen LogP contribution < -0.4 is 0 Å². The van der Waals surface area contributed by atoms with Gasteiger partial charge in [-0.2, -0.15) is 5.26 Å². The summed E-state index contributed by atoms with van der Waals surface area (Å²) in [4.78, 5) is 21.9. The summed E-state index contributed by atoms with van der Waals surface area (Å²) in [6.45, 7) is 4.62. The van der Waals surface area contributed by atoms with Crippen molar-refractivity contribution in [1.29, 1.82) is 5.26 Å². The predicted octanol–water partition coefficient (Wildman–Crippen LogP) is 0.905. The van der Waals surface area contributed by atoms with Crippen molar-refractivity contribution in [3.8, 4) is 6.07 Å². The molecule has 0 saturated heterocycles. The van der Waals surface area contributed by atoms with E-state index in [1.54, 1.807) is 6.07 Å². The highest BCUT2D eigenvalue weighted by Gasteiger charge is 2.42. The second-order valence-electron chi connectivity index (χ2n) is 2.90. The van der Waals surface area contributed by atoms with Gasteiger partial charge in [-0.25, -0.2) is 0 Å². The Balaban J connectivity index is 0. The molecule has 0 aliphatic carbocycles. The molecular formula is C11H19NO5. The van der Waals surface area contributed by atoms with Crippen molar-refractivity contribution in [3.63, 3.8) is 0 Å². The summed E-state index contributed by atoms with van der Waals surface area (Å²) >= 11 is 0. The molecular weight excluding hydrogens is 226 g/mol. The van der Waals surface area contributed by atoms with Gasteiger partial charge in [0.1, 0.15) is 6.61 Å². The van der Waals surface area contributed by atoms with E-state index >= 15 is 0 Å². The van der Waals surface area contributed by atoms with Crippen molar-refractivity contribution in [2.45, 2.75) is 20.8 Å². The van der Waals surface area contributed by atoms with E-state index in [1.165, 1.54) is 14.0 Å². The number of nitrogens with zero attached hydrogens (tertiary/aromatic N) is 1. The van der Waals surface area contributed by atoms with Crippen LogP contribution in [-0.4, -0.2) is 39.4 Å². The molecule has 1 unspecified atom stereocenters. The number of methoxy groups -OCH3 is 2. The highest BCUT2D eigenvalue weighted by molar-refractivity contribution is 5.80. The van der Waals surface area contributed by atoms with Crippen molar-refractivity contribution in [1.82, 2.24) is 0 Å². The minimum Gasteiger partial charge on any atom is -0.468 e. The molecule has 0 aromatic carbocycles. The minimum atomic E-state index is -1.59. The molecule has 17 heavy (non-hydrogen) atoms. The van der Waals surface area contributed by atoms with Gasteiger partial charge in [0.2, 0.25) is 5.41 Å². The summed E-state index contributed by atoms with van der Waals surface area (Å²) in [6.07, 6.45) is 0. The normalized spacial score (nSPS) is 12.2. The molecule has 6 heteroatoms. The lowest BCUT2D eigenvalue weighted by Gasteiger charge is -2.21. The standard InChI is InChI=1S/C9H13NO5.C2H6/c1-7(11)15-6-9(4-10,5-13-2)8(12)14-3;1-2/h5-6H2,1-3H3;1-2H3. The maximum Gasteiger partial charge on any atom is 0.332 e. The molecule has 1 atom stereocenters. The predicted molar refractivity (Wildman–Crippen MR) is 59.9 cm³/mol. The number of rotatable bonds is 5. The molecule has 0 spiro atoms. The first-order chi connectivity index (χ1) is 8.02. The SMILES string of the molecule is CC.COCC(C#N)(COC(C)=O)C(=O)OC. The Morgan fingerprint density at radius 1 is 1.24 bits per heavy atom. The largest absolute Gasteiger partial charge is 0.468 e. The minimum absolute atomic E-state index is 0.191. The third-order valence-corrected chi connectivity index (χ3v) is 1.70. The van der Waals surface area contributed by atoms with Crippen molar-refractivity contribution in [3.05, 3.63) is 0 Å². The van der Waals surface area contributed by atoms with Gasteiger partial charge in [-0.1, -0.05) is 13.8 Å². The van der Waals surface area contributed by atoms with Crippen molar-refractivity contribution in [2.24, 2.45) is 5.41 Å². The first kappa shape index (κ1) is 17.8. The van der Waals surface area contributed by atoms with Crippen molar-refractivity contribution >= 4 is 11.9 Å². The average molecular weight is 245 g/mol. The van der Waals surface area contributed by atoms with E-state index in [2.05, 4.69) is 9.47 Å². The Kier molecular flexibility index (Phi) is 10.0. The van der Waals surface area contributed by atoms with E-state index in [4.69, 9.17) is 10.00 Å². The van der Waals surface area contributed by atoms with Crippen LogP contribution in [0.25, 0.3) is 0 Å². The third kappa shape index (κ3) is 5.88. The van der Waals surface area contributed by atoms with Gasteiger partial charge in [-0.15, -0.1) is 0 Å². The van der Waals surface area contributed by atoms with Gasteiger partial charge in [-0.3, -0.25) is 9.59 Å². The van der Waals surface area contributed by atoms with Crippen LogP contribution in [0.5, 0.6) is 0 Å². The van der Waals surface area contributed by atoms with Crippen LogP contribution >= 0.6 is 0 Å². The molecule has 0 aliphatic heterocycles. The van der Waals surface area contributed by atoms with Gasteiger partial charge in [-0.05, 0) is 0 Å². The van der Waals surface area contributed by atoms with E-state index in [0.29, 0.717) is 0 Å². The Hall–Kier alpha value is -1.61. The Bertz CT molecular complexity index is 284. The van der Waals surface area contributed by atoms with E-state index in [0.717, 1.165) is 7.11 Å². The molecule has 0 aliphatic rings. The lowest BCUT2D eigenvalue weighted by molar-refractivity contribution is -0.159. The molecule has 0 aromatic heterocycles. The Morgan fingerprint density at radius 3 is 2.06 bits per heavy atom. The summed E-state index contributed by atoms with van der Waals surface area (Å²) in [5.41, 5.74) is -1.59. The molecule has 0 fully saturated rings. The quantitative estimate of drug-likeness (QED) is 0.669. The number of hydrogen-bond donors (Lipinski definition) is 0. The smallest absolute Gasteiger partial charge is 0.332 e. The zero-order valence-electron chi connectivity index (χ0n) is 10.9. The van der Waals surface area contributed by atoms with Crippen LogP contribution in [0, 0.1) is 16.7 Å². The lowest BCUT2D eigenvalue weighted by atomic mass is 9.92. The average Bonchev–Trinajstić information content (AvgIpc) is 2.36. The van der Waals surface area contributed by atoms with Gasteiger partial charge in [0.05, 0.1) is 19.8 Å². The maximum atomic E-state index is 11.4. The first-order valence-electron chi connectivity index (χ1n) is 5.14. The van der Waals surface area contributed by atoms with E-state index < -0.39 is 17.4 Å². The van der Waals surface area contributed by atoms with Crippen LogP contribution in [0.1, 0.15) is 20.8 Å². The van der Waals surface area contributed by atoms with Gasteiger partial charge in [0, 0.05) is 14.0 Å². The molecule has 0 heterocycles. The highest BCUT2D eigenvalue weighted by atomic mass is 16.6. The zero-order chi connectivity index (χ0) is 13.9. The van der Waals surface area contributed by atoms with Crippen LogP contribution in [-0.2, 0) is 23.8 Å². The number of carbonyl (C=O) groups is 2. The summed E-state index contributed by atoms with van der Waals surface area (Å²) in [5.74, 6) is -1.36. The number of nitriles is 1. The molecule has 6 nitrogen and oxygen atoms in total. The number of carbonyl (C=O) groups excluding carboxylic acids is 2. The van der Waals surface area contributed by atoms with Crippen molar-refractivity contribution < 1.29 is 23.8 Å². The van der Waals surface area contributed by atoms with Crippen LogP contribution in [0.4, 0.5) is 0 Å². The molecule has 0 saturated carbocycles. The lowest BCUT2D eigenvalue weighted by Crippen LogP contribution is -2.40. The van der Waals surface area contributed by atoms with E-state index in [1.807, 2.05) is 13.8 Å². The van der Waals surface area contributed by atoms with Gasteiger partial charge >= 0.3 is 11.9 Å². The Morgan fingerprint density at radius 2 is 1.76 bits per heavy atom. The molecule has 0 bridgehead atoms.